The molecule has 2 N–H and O–H groups in total. The zero-order chi connectivity index (χ0) is 22.4. The number of nitrogens with zero attached hydrogens (tertiary/aromatic N) is 1. The van der Waals surface area contributed by atoms with E-state index in [2.05, 4.69) is 0 Å². The van der Waals surface area contributed by atoms with Crippen LogP contribution in [0.25, 0.3) is 6.08 Å². The average molecular weight is 415 g/mol. The van der Waals surface area contributed by atoms with Crippen LogP contribution in [-0.4, -0.2) is 48.3 Å². The third-order valence-corrected chi connectivity index (χ3v) is 4.79. The van der Waals surface area contributed by atoms with Crippen molar-refractivity contribution in [3.05, 3.63) is 41.0 Å². The van der Waals surface area contributed by atoms with E-state index >= 15 is 0 Å². The summed E-state index contributed by atoms with van der Waals surface area (Å²) in [5.41, 5.74) is 9.31. The summed E-state index contributed by atoms with van der Waals surface area (Å²) in [4.78, 5) is 15.1. The maximum atomic E-state index is 13.2. The summed E-state index contributed by atoms with van der Waals surface area (Å²) in [5, 5.41) is 0. The van der Waals surface area contributed by atoms with Crippen molar-refractivity contribution in [1.29, 1.82) is 0 Å². The molecule has 30 heavy (non-hydrogen) atoms. The van der Waals surface area contributed by atoms with Crippen LogP contribution >= 0.6 is 0 Å². The van der Waals surface area contributed by atoms with Crippen molar-refractivity contribution in [3.8, 4) is 23.0 Å². The van der Waals surface area contributed by atoms with Crippen LogP contribution in [-0.2, 0) is 0 Å². The number of anilines is 2. The van der Waals surface area contributed by atoms with Crippen LogP contribution in [0, 0.1) is 0 Å². The van der Waals surface area contributed by atoms with E-state index in [0.29, 0.717) is 51.8 Å². The molecule has 7 nitrogen and oxygen atoms in total. The van der Waals surface area contributed by atoms with Crippen molar-refractivity contribution in [2.24, 2.45) is 0 Å². The molecular weight excluding hydrogens is 384 g/mol. The Balaban J connectivity index is 2.59. The molecule has 162 valence electrons. The normalized spacial score (nSPS) is 11.1. The number of benzene rings is 2. The largest absolute Gasteiger partial charge is 0.493 e. The highest BCUT2D eigenvalue weighted by molar-refractivity contribution is 6.12. The third-order valence-electron chi connectivity index (χ3n) is 4.79. The molecular formula is C23H30N2O5. The average Bonchev–Trinajstić information content (AvgIpc) is 2.75. The number of allylic oxidation sites excluding steroid dienone is 1. The quantitative estimate of drug-likeness (QED) is 0.376. The van der Waals surface area contributed by atoms with Crippen LogP contribution < -0.4 is 29.6 Å². The van der Waals surface area contributed by atoms with Crippen molar-refractivity contribution in [2.75, 3.05) is 53.2 Å². The van der Waals surface area contributed by atoms with Crippen LogP contribution in [0.4, 0.5) is 11.4 Å². The Morgan fingerprint density at radius 1 is 0.967 bits per heavy atom. The van der Waals surface area contributed by atoms with E-state index in [1.54, 1.807) is 24.3 Å². The number of carbonyl (C=O) groups is 1. The van der Waals surface area contributed by atoms with E-state index in [9.17, 15) is 4.79 Å². The van der Waals surface area contributed by atoms with Gasteiger partial charge in [-0.2, -0.15) is 0 Å². The molecule has 0 aliphatic rings. The predicted octanol–water partition coefficient (Wildman–Crippen LogP) is 4.05. The summed E-state index contributed by atoms with van der Waals surface area (Å²) in [7, 11) is 9.93. The van der Waals surface area contributed by atoms with E-state index in [-0.39, 0.29) is 5.78 Å². The van der Waals surface area contributed by atoms with Gasteiger partial charge in [0.2, 0.25) is 11.5 Å². The van der Waals surface area contributed by atoms with Gasteiger partial charge in [0, 0.05) is 30.8 Å². The lowest BCUT2D eigenvalue weighted by Gasteiger charge is -2.18. The molecule has 0 saturated carbocycles. The number of rotatable bonds is 9. The topological polar surface area (TPSA) is 83.2 Å². The summed E-state index contributed by atoms with van der Waals surface area (Å²) in [6.07, 6.45) is 2.30. The van der Waals surface area contributed by atoms with Gasteiger partial charge in [-0.1, -0.05) is 6.92 Å². The van der Waals surface area contributed by atoms with Gasteiger partial charge in [0.05, 0.1) is 39.8 Å². The zero-order valence-electron chi connectivity index (χ0n) is 18.7. The first kappa shape index (κ1) is 22.9. The second kappa shape index (κ2) is 9.91. The predicted molar refractivity (Wildman–Crippen MR) is 120 cm³/mol. The lowest BCUT2D eigenvalue weighted by atomic mass is 9.97. The summed E-state index contributed by atoms with van der Waals surface area (Å²) >= 11 is 0. The van der Waals surface area contributed by atoms with Gasteiger partial charge in [0.25, 0.3) is 0 Å². The molecule has 2 aromatic carbocycles. The van der Waals surface area contributed by atoms with Crippen LogP contribution in [0.3, 0.4) is 0 Å². The molecule has 0 radical (unpaired) electrons. The molecule has 0 bridgehead atoms. The van der Waals surface area contributed by atoms with Gasteiger partial charge >= 0.3 is 0 Å². The number of carbonyl (C=O) groups excluding carboxylic acids is 1. The number of methoxy groups -OCH3 is 4. The molecule has 0 spiro atoms. The van der Waals surface area contributed by atoms with Crippen LogP contribution in [0.15, 0.2) is 29.8 Å². The lowest BCUT2D eigenvalue weighted by molar-refractivity contribution is 0.103. The molecule has 0 aliphatic carbocycles. The van der Waals surface area contributed by atoms with Crippen LogP contribution in [0.1, 0.15) is 29.3 Å². The van der Waals surface area contributed by atoms with E-state index in [1.807, 2.05) is 32.0 Å². The SMILES string of the molecule is CC/C(=C\c1cc(OC)c(OC)c(OC)c1OC)C(=O)c1ccc(N(C)C)c(N)c1. The Morgan fingerprint density at radius 3 is 2.07 bits per heavy atom. The van der Waals surface area contributed by atoms with Gasteiger partial charge in [-0.25, -0.2) is 0 Å². The fourth-order valence-corrected chi connectivity index (χ4v) is 3.27. The van der Waals surface area contributed by atoms with Crippen molar-refractivity contribution in [1.82, 2.24) is 0 Å². The minimum absolute atomic E-state index is 0.106. The summed E-state index contributed by atoms with van der Waals surface area (Å²) in [6.45, 7) is 1.92. The molecule has 0 aromatic heterocycles. The van der Waals surface area contributed by atoms with Gasteiger partial charge in [0.1, 0.15) is 0 Å². The van der Waals surface area contributed by atoms with Crippen molar-refractivity contribution in [2.45, 2.75) is 13.3 Å². The first-order chi connectivity index (χ1) is 14.3. The van der Waals surface area contributed by atoms with Gasteiger partial charge in [0.15, 0.2) is 17.3 Å². The fourth-order valence-electron chi connectivity index (χ4n) is 3.27. The lowest BCUT2D eigenvalue weighted by Crippen LogP contribution is -2.12. The Hall–Kier alpha value is -3.35. The molecule has 0 aliphatic heterocycles. The van der Waals surface area contributed by atoms with Crippen LogP contribution in [0.5, 0.6) is 23.0 Å². The molecule has 0 saturated heterocycles. The van der Waals surface area contributed by atoms with Gasteiger partial charge in [-0.05, 0) is 36.8 Å². The monoisotopic (exact) mass is 414 g/mol. The third kappa shape index (κ3) is 4.45. The molecule has 2 aromatic rings. The number of nitrogens with two attached hydrogens (primary N) is 1. The summed E-state index contributed by atoms with van der Waals surface area (Å²) in [5.74, 6) is 1.64. The van der Waals surface area contributed by atoms with Gasteiger partial charge < -0.3 is 29.6 Å². The highest BCUT2D eigenvalue weighted by Gasteiger charge is 2.22. The highest BCUT2D eigenvalue weighted by Crippen LogP contribution is 2.47. The molecule has 7 heteroatoms. The first-order valence-electron chi connectivity index (χ1n) is 9.51. The Morgan fingerprint density at radius 2 is 1.60 bits per heavy atom. The summed E-state index contributed by atoms with van der Waals surface area (Å²) in [6, 6.07) is 7.08. The van der Waals surface area contributed by atoms with Gasteiger partial charge in [-0.3, -0.25) is 4.79 Å². The number of hydrogen-bond donors (Lipinski definition) is 1. The smallest absolute Gasteiger partial charge is 0.207 e. The number of hydrogen-bond acceptors (Lipinski definition) is 7. The van der Waals surface area contributed by atoms with Crippen molar-refractivity contribution >= 4 is 23.2 Å². The minimum Gasteiger partial charge on any atom is -0.493 e. The zero-order valence-corrected chi connectivity index (χ0v) is 18.7. The van der Waals surface area contributed by atoms with E-state index in [0.717, 1.165) is 5.69 Å². The molecule has 0 amide bonds. The maximum absolute atomic E-state index is 13.2. The maximum Gasteiger partial charge on any atom is 0.207 e. The Kier molecular flexibility index (Phi) is 7.58. The van der Waals surface area contributed by atoms with Crippen molar-refractivity contribution < 1.29 is 23.7 Å². The Labute approximate surface area is 178 Å². The number of nitrogen functional groups attached to an aromatic ring is 1. The van der Waals surface area contributed by atoms with E-state index < -0.39 is 0 Å². The van der Waals surface area contributed by atoms with Gasteiger partial charge in [-0.15, -0.1) is 0 Å². The first-order valence-corrected chi connectivity index (χ1v) is 9.51. The number of ketones is 1. The number of Topliss-reactive ketones (excluding diaryl/α,β-unsaturated/α-hetero) is 1. The van der Waals surface area contributed by atoms with E-state index in [4.69, 9.17) is 24.7 Å². The Bertz CT molecular complexity index is 951. The standard InChI is InChI=1S/C23H30N2O5/c1-8-14(20(26)15-9-10-18(25(2)3)17(24)12-15)11-16-13-19(27-4)22(29-6)23(30-7)21(16)28-5/h9-13H,8,24H2,1-7H3/b14-11+. The molecule has 0 heterocycles. The molecule has 0 fully saturated rings. The van der Waals surface area contributed by atoms with E-state index in [1.165, 1.54) is 28.4 Å². The number of ether oxygens (including phenoxy) is 4. The van der Waals surface area contributed by atoms with Crippen molar-refractivity contribution in [3.63, 3.8) is 0 Å². The fraction of sp³-hybridized carbons (Fsp3) is 0.348. The molecule has 2 rings (SSSR count). The second-order valence-corrected chi connectivity index (χ2v) is 6.79. The minimum atomic E-state index is -0.106. The second-order valence-electron chi connectivity index (χ2n) is 6.79. The van der Waals surface area contributed by atoms with Crippen LogP contribution in [0.2, 0.25) is 0 Å². The summed E-state index contributed by atoms with van der Waals surface area (Å²) < 4.78 is 21.9. The molecule has 0 atom stereocenters. The molecule has 0 unspecified atom stereocenters. The highest BCUT2D eigenvalue weighted by atomic mass is 16.5.